The van der Waals surface area contributed by atoms with Crippen LogP contribution in [0.2, 0.25) is 0 Å². The average molecular weight is 426 g/mol. The highest BCUT2D eigenvalue weighted by atomic mass is 32.1. The molecule has 1 amide bonds. The summed E-state index contributed by atoms with van der Waals surface area (Å²) in [6.07, 6.45) is 4.33. The molecular weight excluding hydrogens is 398 g/mol. The summed E-state index contributed by atoms with van der Waals surface area (Å²) in [5, 5.41) is 5.37. The number of nitrogens with one attached hydrogen (secondary N) is 1. The van der Waals surface area contributed by atoms with Crippen molar-refractivity contribution in [2.75, 3.05) is 13.1 Å². The Morgan fingerprint density at radius 2 is 2.23 bits per heavy atom. The van der Waals surface area contributed by atoms with Crippen LogP contribution in [0, 0.1) is 0 Å². The Labute approximate surface area is 179 Å². The van der Waals surface area contributed by atoms with Crippen LogP contribution in [-0.4, -0.2) is 43.4 Å². The number of likely N-dealkylation sites (tertiary alicyclic amines) is 1. The van der Waals surface area contributed by atoms with Crippen molar-refractivity contribution in [3.63, 3.8) is 0 Å². The highest BCUT2D eigenvalue weighted by Gasteiger charge is 2.29. The van der Waals surface area contributed by atoms with Crippen LogP contribution < -0.4 is 5.56 Å². The van der Waals surface area contributed by atoms with Crippen molar-refractivity contribution in [1.29, 1.82) is 0 Å². The molecule has 3 aromatic heterocycles. The molecule has 1 saturated heterocycles. The zero-order chi connectivity index (χ0) is 20.7. The minimum Gasteiger partial charge on any atom is -0.334 e. The first-order valence-electron chi connectivity index (χ1n) is 10.8. The third kappa shape index (κ3) is 3.48. The summed E-state index contributed by atoms with van der Waals surface area (Å²) in [7, 11) is 0. The van der Waals surface area contributed by atoms with E-state index in [1.54, 1.807) is 15.9 Å². The van der Waals surface area contributed by atoms with E-state index in [9.17, 15) is 9.59 Å². The lowest BCUT2D eigenvalue weighted by atomic mass is 9.99. The first-order valence-corrected chi connectivity index (χ1v) is 11.7. The minimum absolute atomic E-state index is 0.000319. The second-order valence-electron chi connectivity index (χ2n) is 8.24. The first kappa shape index (κ1) is 19.5. The van der Waals surface area contributed by atoms with Gasteiger partial charge in [0.25, 0.3) is 5.56 Å². The van der Waals surface area contributed by atoms with Gasteiger partial charge in [0, 0.05) is 50.0 Å². The number of hydrogen-bond donors (Lipinski definition) is 1. The molecule has 0 saturated carbocycles. The fourth-order valence-electron chi connectivity index (χ4n) is 4.74. The first-order chi connectivity index (χ1) is 14.6. The van der Waals surface area contributed by atoms with Gasteiger partial charge in [0.2, 0.25) is 5.91 Å². The molecule has 1 N–H and O–H groups in total. The molecule has 7 nitrogen and oxygen atoms in total. The maximum atomic E-state index is 13.3. The highest BCUT2D eigenvalue weighted by Crippen LogP contribution is 2.31. The van der Waals surface area contributed by atoms with E-state index >= 15 is 0 Å². The smallest absolute Gasteiger partial charge is 0.277 e. The second-order valence-corrected chi connectivity index (χ2v) is 9.27. The Morgan fingerprint density at radius 3 is 3.03 bits per heavy atom. The van der Waals surface area contributed by atoms with Gasteiger partial charge in [-0.05, 0) is 30.7 Å². The van der Waals surface area contributed by atoms with Gasteiger partial charge in [-0.1, -0.05) is 13.0 Å². The average Bonchev–Trinajstić information content (AvgIpc) is 3.44. The van der Waals surface area contributed by atoms with Crippen LogP contribution in [-0.2, 0) is 24.3 Å². The van der Waals surface area contributed by atoms with E-state index < -0.39 is 0 Å². The van der Waals surface area contributed by atoms with Crippen molar-refractivity contribution in [3.8, 4) is 0 Å². The molecule has 0 spiro atoms. The third-order valence-electron chi connectivity index (χ3n) is 6.30. The maximum absolute atomic E-state index is 13.3. The molecular formula is C22H27N5O2S. The zero-order valence-corrected chi connectivity index (χ0v) is 18.1. The summed E-state index contributed by atoms with van der Waals surface area (Å²) >= 11 is 1.75. The van der Waals surface area contributed by atoms with Crippen molar-refractivity contribution in [2.45, 2.75) is 58.2 Å². The molecule has 158 valence electrons. The van der Waals surface area contributed by atoms with Gasteiger partial charge >= 0.3 is 0 Å². The van der Waals surface area contributed by atoms with Crippen LogP contribution in [0.5, 0.6) is 0 Å². The molecule has 3 aromatic rings. The van der Waals surface area contributed by atoms with Crippen LogP contribution in [0.15, 0.2) is 28.4 Å². The number of nitrogens with zero attached hydrogens (tertiary/aromatic N) is 4. The van der Waals surface area contributed by atoms with E-state index in [1.807, 2.05) is 17.9 Å². The Kier molecular flexibility index (Phi) is 5.20. The van der Waals surface area contributed by atoms with E-state index in [0.29, 0.717) is 18.6 Å². The molecule has 5 rings (SSSR count). The Bertz CT molecular complexity index is 1120. The molecule has 0 radical (unpaired) electrons. The van der Waals surface area contributed by atoms with Crippen LogP contribution in [0.25, 0.3) is 5.65 Å². The van der Waals surface area contributed by atoms with E-state index in [4.69, 9.17) is 4.98 Å². The van der Waals surface area contributed by atoms with Gasteiger partial charge in [0.15, 0.2) is 5.65 Å². The highest BCUT2D eigenvalue weighted by molar-refractivity contribution is 7.09. The summed E-state index contributed by atoms with van der Waals surface area (Å²) in [6, 6.07) is 6.17. The molecule has 30 heavy (non-hydrogen) atoms. The van der Waals surface area contributed by atoms with E-state index in [0.717, 1.165) is 62.3 Å². The number of fused-ring (bicyclic) bond motifs is 2. The van der Waals surface area contributed by atoms with Crippen molar-refractivity contribution in [2.24, 2.45) is 0 Å². The molecule has 1 unspecified atom stereocenters. The quantitative estimate of drug-likeness (QED) is 0.697. The van der Waals surface area contributed by atoms with Gasteiger partial charge < -0.3 is 4.90 Å². The Morgan fingerprint density at radius 1 is 1.33 bits per heavy atom. The molecule has 8 heteroatoms. The van der Waals surface area contributed by atoms with Crippen molar-refractivity contribution in [1.82, 2.24) is 24.4 Å². The van der Waals surface area contributed by atoms with Gasteiger partial charge in [0.05, 0.1) is 23.0 Å². The Hall–Kier alpha value is -2.45. The lowest BCUT2D eigenvalue weighted by Crippen LogP contribution is -2.38. The fourth-order valence-corrected chi connectivity index (χ4v) is 5.49. The molecule has 0 aliphatic carbocycles. The van der Waals surface area contributed by atoms with Gasteiger partial charge in [0.1, 0.15) is 0 Å². The number of piperidine rings is 1. The molecule has 0 bridgehead atoms. The minimum atomic E-state index is -0.0127. The standard InChI is InChI=1S/C22H27N5O2S/c1-2-21(28)26-9-4-3-7-19(26)18-12-20-23-17-8-10-25(13-15-6-5-11-30-15)14-16(17)22(29)27(20)24-18/h5-6,11-12,19,24H,2-4,7-10,13-14H2,1H3. The van der Waals surface area contributed by atoms with Crippen LogP contribution in [0.1, 0.15) is 60.5 Å². The zero-order valence-electron chi connectivity index (χ0n) is 17.3. The number of thiophene rings is 1. The molecule has 1 fully saturated rings. The lowest BCUT2D eigenvalue weighted by Gasteiger charge is -2.35. The van der Waals surface area contributed by atoms with Crippen molar-refractivity contribution in [3.05, 3.63) is 55.8 Å². The van der Waals surface area contributed by atoms with Crippen molar-refractivity contribution < 1.29 is 4.79 Å². The summed E-state index contributed by atoms with van der Waals surface area (Å²) in [5.74, 6) is 0.169. The number of H-pyrrole nitrogens is 1. The lowest BCUT2D eigenvalue weighted by molar-refractivity contribution is -0.134. The normalized spacial score (nSPS) is 19.9. The second kappa shape index (κ2) is 8.00. The van der Waals surface area contributed by atoms with Gasteiger partial charge in [-0.2, -0.15) is 0 Å². The third-order valence-corrected chi connectivity index (χ3v) is 7.17. The summed E-state index contributed by atoms with van der Waals surface area (Å²) < 4.78 is 1.58. The fraction of sp³-hybridized carbons (Fsp3) is 0.500. The van der Waals surface area contributed by atoms with Gasteiger partial charge in [-0.3, -0.25) is 19.6 Å². The SMILES string of the molecule is CCC(=O)N1CCCCC1c1cc2nc3c(c(=O)n2[nH]1)CN(Cc1cccs1)CC3. The summed E-state index contributed by atoms with van der Waals surface area (Å²) in [6.45, 7) is 5.09. The topological polar surface area (TPSA) is 73.7 Å². The van der Waals surface area contributed by atoms with Crippen LogP contribution in [0.4, 0.5) is 0 Å². The summed E-state index contributed by atoms with van der Waals surface area (Å²) in [4.78, 5) is 36.1. The number of aromatic amines is 1. The maximum Gasteiger partial charge on any atom is 0.277 e. The predicted octanol–water partition coefficient (Wildman–Crippen LogP) is 3.11. The van der Waals surface area contributed by atoms with E-state index in [2.05, 4.69) is 27.5 Å². The van der Waals surface area contributed by atoms with Crippen LogP contribution >= 0.6 is 11.3 Å². The number of aromatic nitrogens is 3. The number of rotatable bonds is 4. The van der Waals surface area contributed by atoms with Crippen LogP contribution in [0.3, 0.4) is 0 Å². The molecule has 0 aromatic carbocycles. The molecule has 1 atom stereocenters. The van der Waals surface area contributed by atoms with Gasteiger partial charge in [-0.15, -0.1) is 11.3 Å². The largest absolute Gasteiger partial charge is 0.334 e. The molecule has 5 heterocycles. The monoisotopic (exact) mass is 425 g/mol. The predicted molar refractivity (Wildman–Crippen MR) is 117 cm³/mol. The number of hydrogen-bond acceptors (Lipinski definition) is 5. The summed E-state index contributed by atoms with van der Waals surface area (Å²) in [5.41, 5.74) is 3.27. The van der Waals surface area contributed by atoms with Gasteiger partial charge in [-0.25, -0.2) is 9.50 Å². The van der Waals surface area contributed by atoms with Crippen molar-refractivity contribution >= 4 is 22.9 Å². The number of carbonyl (C=O) groups excluding carboxylic acids is 1. The number of carbonyl (C=O) groups is 1. The Balaban J connectivity index is 1.46. The van der Waals surface area contributed by atoms with E-state index in [1.165, 1.54) is 4.88 Å². The molecule has 2 aliphatic heterocycles. The van der Waals surface area contributed by atoms with E-state index in [-0.39, 0.29) is 17.5 Å². The molecule has 2 aliphatic rings. The number of amides is 1.